The van der Waals surface area contributed by atoms with E-state index in [1.165, 1.54) is 0 Å². The Morgan fingerprint density at radius 3 is 2.54 bits per heavy atom. The molecule has 0 aliphatic rings. The highest BCUT2D eigenvalue weighted by Crippen LogP contribution is 2.20. The maximum Gasteiger partial charge on any atom is 0.276 e. The summed E-state index contributed by atoms with van der Waals surface area (Å²) in [5, 5.41) is 10.1. The molecule has 144 valence electrons. The topological polar surface area (TPSA) is 76.0 Å². The number of amides is 2. The highest BCUT2D eigenvalue weighted by molar-refractivity contribution is 7.97. The Balaban J connectivity index is 1.88. The van der Waals surface area contributed by atoms with Crippen molar-refractivity contribution >= 4 is 35.1 Å². The molecule has 1 aromatic heterocycles. The first-order chi connectivity index (χ1) is 13.6. The summed E-state index contributed by atoms with van der Waals surface area (Å²) in [6.45, 7) is 1.77. The van der Waals surface area contributed by atoms with Crippen LogP contribution in [-0.2, 0) is 10.5 Å². The highest BCUT2D eigenvalue weighted by Gasteiger charge is 2.17. The van der Waals surface area contributed by atoms with Gasteiger partial charge in [0, 0.05) is 23.9 Å². The Morgan fingerprint density at radius 1 is 1.04 bits per heavy atom. The minimum Gasteiger partial charge on any atom is -0.321 e. The SMILES string of the molecule is CCC(=O)Nc1cc(C(=O)Nc2cccc(CSC)c2)nn1-c1ccccc1. The molecule has 0 radical (unpaired) electrons. The summed E-state index contributed by atoms with van der Waals surface area (Å²) in [6, 6.07) is 18.7. The van der Waals surface area contributed by atoms with Crippen LogP contribution < -0.4 is 10.6 Å². The normalized spacial score (nSPS) is 10.5. The van der Waals surface area contributed by atoms with Crippen LogP contribution >= 0.6 is 11.8 Å². The lowest BCUT2D eigenvalue weighted by Crippen LogP contribution is -2.14. The van der Waals surface area contributed by atoms with Gasteiger partial charge in [-0.2, -0.15) is 16.9 Å². The van der Waals surface area contributed by atoms with E-state index in [2.05, 4.69) is 15.7 Å². The van der Waals surface area contributed by atoms with E-state index in [4.69, 9.17) is 0 Å². The minimum atomic E-state index is -0.331. The van der Waals surface area contributed by atoms with Gasteiger partial charge in [-0.05, 0) is 36.1 Å². The third-order valence-corrected chi connectivity index (χ3v) is 4.65. The van der Waals surface area contributed by atoms with E-state index in [-0.39, 0.29) is 17.5 Å². The first-order valence-electron chi connectivity index (χ1n) is 8.95. The smallest absolute Gasteiger partial charge is 0.276 e. The summed E-state index contributed by atoms with van der Waals surface area (Å²) in [5.41, 5.74) is 2.83. The van der Waals surface area contributed by atoms with Crippen LogP contribution in [0.15, 0.2) is 60.7 Å². The van der Waals surface area contributed by atoms with E-state index >= 15 is 0 Å². The number of thioether (sulfide) groups is 1. The number of nitrogens with zero attached hydrogens (tertiary/aromatic N) is 2. The molecule has 0 saturated carbocycles. The van der Waals surface area contributed by atoms with E-state index in [1.54, 1.807) is 29.4 Å². The number of hydrogen-bond acceptors (Lipinski definition) is 4. The molecule has 3 rings (SSSR count). The number of hydrogen-bond donors (Lipinski definition) is 2. The third-order valence-electron chi connectivity index (χ3n) is 4.03. The second kappa shape index (κ2) is 9.23. The maximum absolute atomic E-state index is 12.7. The van der Waals surface area contributed by atoms with Crippen LogP contribution in [-0.4, -0.2) is 27.9 Å². The highest BCUT2D eigenvalue weighted by atomic mass is 32.2. The number of aromatic nitrogens is 2. The van der Waals surface area contributed by atoms with Gasteiger partial charge in [-0.1, -0.05) is 37.3 Å². The van der Waals surface area contributed by atoms with Crippen LogP contribution in [0.3, 0.4) is 0 Å². The van der Waals surface area contributed by atoms with Crippen LogP contribution in [0.1, 0.15) is 29.4 Å². The zero-order valence-corrected chi connectivity index (χ0v) is 16.6. The van der Waals surface area contributed by atoms with Gasteiger partial charge in [-0.25, -0.2) is 4.68 Å². The van der Waals surface area contributed by atoms with Crippen LogP contribution in [0.2, 0.25) is 0 Å². The molecule has 0 unspecified atom stereocenters. The van der Waals surface area contributed by atoms with E-state index in [0.717, 1.165) is 17.0 Å². The standard InChI is InChI=1S/C21H22N4O2S/c1-3-20(26)23-19-13-18(24-25(19)17-10-5-4-6-11-17)21(27)22-16-9-7-8-15(12-16)14-28-2/h4-13H,3,14H2,1-2H3,(H,22,27)(H,23,26). The Hall–Kier alpha value is -3.06. The van der Waals surface area contributed by atoms with E-state index in [9.17, 15) is 9.59 Å². The number of benzene rings is 2. The minimum absolute atomic E-state index is 0.145. The van der Waals surface area contributed by atoms with Gasteiger partial charge in [-0.15, -0.1) is 0 Å². The summed E-state index contributed by atoms with van der Waals surface area (Å²) in [5.74, 6) is 0.857. The van der Waals surface area contributed by atoms with E-state index < -0.39 is 0 Å². The van der Waals surface area contributed by atoms with Crippen molar-refractivity contribution in [2.45, 2.75) is 19.1 Å². The number of nitrogens with one attached hydrogen (secondary N) is 2. The number of rotatable bonds is 7. The summed E-state index contributed by atoms with van der Waals surface area (Å²) in [4.78, 5) is 24.6. The molecule has 0 aliphatic carbocycles. The monoisotopic (exact) mass is 394 g/mol. The molecule has 3 aromatic rings. The quantitative estimate of drug-likeness (QED) is 0.625. The lowest BCUT2D eigenvalue weighted by molar-refractivity contribution is -0.115. The molecule has 1 heterocycles. The molecule has 7 heteroatoms. The number of anilines is 2. The number of para-hydroxylation sites is 1. The Kier molecular flexibility index (Phi) is 6.49. The van der Waals surface area contributed by atoms with Gasteiger partial charge in [0.15, 0.2) is 5.69 Å². The van der Waals surface area contributed by atoms with Crippen molar-refractivity contribution in [1.29, 1.82) is 0 Å². The molecule has 0 aliphatic heterocycles. The van der Waals surface area contributed by atoms with Crippen LogP contribution in [0, 0.1) is 0 Å². The molecule has 0 bridgehead atoms. The average molecular weight is 395 g/mol. The largest absolute Gasteiger partial charge is 0.321 e. The predicted molar refractivity (Wildman–Crippen MR) is 114 cm³/mol. The lowest BCUT2D eigenvalue weighted by Gasteiger charge is -2.07. The fraction of sp³-hybridized carbons (Fsp3) is 0.190. The van der Waals surface area contributed by atoms with Crippen molar-refractivity contribution in [2.24, 2.45) is 0 Å². The first kappa shape index (κ1) is 19.7. The van der Waals surface area contributed by atoms with Crippen molar-refractivity contribution in [2.75, 3.05) is 16.9 Å². The molecular weight excluding hydrogens is 372 g/mol. The second-order valence-corrected chi connectivity index (χ2v) is 7.02. The molecule has 0 fully saturated rings. The van der Waals surface area contributed by atoms with Crippen molar-refractivity contribution in [3.8, 4) is 5.69 Å². The first-order valence-corrected chi connectivity index (χ1v) is 10.3. The molecule has 2 amide bonds. The number of carbonyl (C=O) groups is 2. The zero-order chi connectivity index (χ0) is 19.9. The summed E-state index contributed by atoms with van der Waals surface area (Å²) < 4.78 is 1.56. The van der Waals surface area contributed by atoms with Gasteiger partial charge >= 0.3 is 0 Å². The van der Waals surface area contributed by atoms with Gasteiger partial charge in [0.1, 0.15) is 5.82 Å². The van der Waals surface area contributed by atoms with Gasteiger partial charge in [0.2, 0.25) is 5.91 Å². The van der Waals surface area contributed by atoms with Gasteiger partial charge in [0.05, 0.1) is 5.69 Å². The van der Waals surface area contributed by atoms with Gasteiger partial charge < -0.3 is 10.6 Å². The maximum atomic E-state index is 12.7. The summed E-state index contributed by atoms with van der Waals surface area (Å²) in [7, 11) is 0. The van der Waals surface area contributed by atoms with Crippen LogP contribution in [0.4, 0.5) is 11.5 Å². The fourth-order valence-electron chi connectivity index (χ4n) is 2.68. The van der Waals surface area contributed by atoms with Gasteiger partial charge in [-0.3, -0.25) is 9.59 Å². The molecule has 2 aromatic carbocycles. The van der Waals surface area contributed by atoms with Crippen LogP contribution in [0.5, 0.6) is 0 Å². The predicted octanol–water partition coefficient (Wildman–Crippen LogP) is 4.34. The van der Waals surface area contributed by atoms with Crippen molar-refractivity contribution in [3.05, 3.63) is 71.9 Å². The summed E-state index contributed by atoms with van der Waals surface area (Å²) >= 11 is 1.72. The summed E-state index contributed by atoms with van der Waals surface area (Å²) in [6.07, 6.45) is 2.37. The van der Waals surface area contributed by atoms with Crippen LogP contribution in [0.25, 0.3) is 5.69 Å². The average Bonchev–Trinajstić information content (AvgIpc) is 3.13. The second-order valence-electron chi connectivity index (χ2n) is 6.15. The Morgan fingerprint density at radius 2 is 1.82 bits per heavy atom. The van der Waals surface area contributed by atoms with E-state index in [0.29, 0.717) is 17.9 Å². The van der Waals surface area contributed by atoms with Crippen molar-refractivity contribution < 1.29 is 9.59 Å². The Bertz CT molecular complexity index is 970. The fourth-order valence-corrected chi connectivity index (χ4v) is 3.19. The third kappa shape index (κ3) is 4.80. The zero-order valence-electron chi connectivity index (χ0n) is 15.8. The molecular formula is C21H22N4O2S. The lowest BCUT2D eigenvalue weighted by atomic mass is 10.2. The Labute approximate surface area is 168 Å². The van der Waals surface area contributed by atoms with Gasteiger partial charge in [0.25, 0.3) is 5.91 Å². The molecule has 2 N–H and O–H groups in total. The molecule has 0 spiro atoms. The van der Waals surface area contributed by atoms with Crippen molar-refractivity contribution in [1.82, 2.24) is 9.78 Å². The number of carbonyl (C=O) groups excluding carboxylic acids is 2. The molecule has 0 atom stereocenters. The molecule has 6 nitrogen and oxygen atoms in total. The molecule has 28 heavy (non-hydrogen) atoms. The van der Waals surface area contributed by atoms with E-state index in [1.807, 2.05) is 60.9 Å². The van der Waals surface area contributed by atoms with Crippen molar-refractivity contribution in [3.63, 3.8) is 0 Å². The molecule has 0 saturated heterocycles.